The largest absolute Gasteiger partial charge is 0.468 e. The Bertz CT molecular complexity index is 3250. The van der Waals surface area contributed by atoms with E-state index in [0.717, 1.165) is 28.0 Å². The Morgan fingerprint density at radius 2 is 0.952 bits per heavy atom. The van der Waals surface area contributed by atoms with Gasteiger partial charge in [0.2, 0.25) is 0 Å². The Kier molecular flexibility index (Phi) is 7.98. The summed E-state index contributed by atoms with van der Waals surface area (Å²) in [6.45, 7) is 34.8. The molecule has 3 aliphatic rings. The van der Waals surface area contributed by atoms with E-state index in [1.807, 2.05) is 0 Å². The zero-order chi connectivity index (χ0) is 44.7. The molecule has 0 radical (unpaired) electrons. The van der Waals surface area contributed by atoms with Gasteiger partial charge in [-0.25, -0.2) is 0 Å². The molecule has 0 saturated heterocycles. The van der Waals surface area contributed by atoms with Crippen LogP contribution >= 0.6 is 0 Å². The Labute approximate surface area is 375 Å². The summed E-state index contributed by atoms with van der Waals surface area (Å²) < 4.78 is 9.92. The van der Waals surface area contributed by atoms with E-state index in [4.69, 9.17) is 4.42 Å². The second kappa shape index (κ2) is 12.5. The number of para-hydroxylation sites is 1. The Hall–Kier alpha value is -5.68. The molecule has 0 amide bonds. The van der Waals surface area contributed by atoms with E-state index in [0.29, 0.717) is 0 Å². The molecule has 6 aromatic carbocycles. The summed E-state index contributed by atoms with van der Waals surface area (Å²) in [5, 5.41) is 3.78. The lowest BCUT2D eigenvalue weighted by molar-refractivity contribution is 0.589. The lowest BCUT2D eigenvalue weighted by Gasteiger charge is -2.45. The van der Waals surface area contributed by atoms with Gasteiger partial charge in [0.25, 0.3) is 6.71 Å². The third-order valence-corrected chi connectivity index (χ3v) is 14.4. The number of furan rings is 1. The van der Waals surface area contributed by atoms with E-state index >= 15 is 0 Å². The van der Waals surface area contributed by atoms with Crippen molar-refractivity contribution in [3.05, 3.63) is 131 Å². The van der Waals surface area contributed by atoms with Gasteiger partial charge in [-0.15, -0.1) is 0 Å². The van der Waals surface area contributed by atoms with E-state index in [1.165, 1.54) is 89.0 Å². The molecule has 0 aliphatic carbocycles. The minimum atomic E-state index is -0.128. The zero-order valence-corrected chi connectivity index (χ0v) is 40.1. The normalized spacial score (nSPS) is 14.8. The molecule has 4 nitrogen and oxygen atoms in total. The fourth-order valence-corrected chi connectivity index (χ4v) is 10.7. The molecule has 0 saturated carbocycles. The highest BCUT2D eigenvalue weighted by atomic mass is 16.3. The number of hydrogen-bond acceptors (Lipinski definition) is 3. The summed E-state index contributed by atoms with van der Waals surface area (Å²) in [4.78, 5) is 5.21. The minimum absolute atomic E-state index is 0.0192. The fourth-order valence-electron chi connectivity index (χ4n) is 10.7. The van der Waals surface area contributed by atoms with Crippen molar-refractivity contribution < 1.29 is 4.42 Å². The van der Waals surface area contributed by atoms with Crippen LogP contribution in [0.25, 0.3) is 38.5 Å². The first-order valence-corrected chi connectivity index (χ1v) is 23.1. The molecule has 0 fully saturated rings. The van der Waals surface area contributed by atoms with Gasteiger partial charge in [-0.1, -0.05) is 140 Å². The summed E-state index contributed by atoms with van der Waals surface area (Å²) in [6.07, 6.45) is 0. The van der Waals surface area contributed by atoms with Crippen LogP contribution in [-0.4, -0.2) is 11.3 Å². The predicted octanol–water partition coefficient (Wildman–Crippen LogP) is 14.4. The molecule has 318 valence electrons. The number of anilines is 6. The van der Waals surface area contributed by atoms with Crippen molar-refractivity contribution in [1.82, 2.24) is 4.57 Å². The van der Waals surface area contributed by atoms with Gasteiger partial charge >= 0.3 is 0 Å². The molecule has 63 heavy (non-hydrogen) atoms. The molecule has 0 N–H and O–H groups in total. The molecule has 0 spiro atoms. The number of benzene rings is 6. The molecular weight excluding hydrogens is 765 g/mol. The van der Waals surface area contributed by atoms with Crippen molar-refractivity contribution in [1.29, 1.82) is 0 Å². The summed E-state index contributed by atoms with van der Waals surface area (Å²) in [5.41, 5.74) is 21.9. The lowest BCUT2D eigenvalue weighted by atomic mass is 9.35. The average Bonchev–Trinajstić information content (AvgIpc) is 3.74. The van der Waals surface area contributed by atoms with E-state index in [9.17, 15) is 0 Å². The quantitative estimate of drug-likeness (QED) is 0.154. The standard InChI is InChI=1S/C58H62BN3O/c1-54(2,3)33-19-23-38(24-20-33)60-45-30-37(58(13,14)15)31-46-49(45)59(53-51(60)41-28-35(56(7,8)9)22-26-48(41)63-53)42-17-16-18-44-52(42)62(46)47-32-36(57(10,11)12)29-40-39-27-34(55(4,5)6)21-25-43(39)61(44)50(40)47/h16-32H,1-15H3. The first kappa shape index (κ1) is 40.1. The highest BCUT2D eigenvalue weighted by molar-refractivity contribution is 7.00. The molecule has 2 aromatic heterocycles. The van der Waals surface area contributed by atoms with Crippen LogP contribution in [0.5, 0.6) is 0 Å². The van der Waals surface area contributed by atoms with Crippen LogP contribution < -0.4 is 26.4 Å². The maximum Gasteiger partial charge on any atom is 0.297 e. The number of rotatable bonds is 1. The Morgan fingerprint density at radius 1 is 0.429 bits per heavy atom. The minimum Gasteiger partial charge on any atom is -0.468 e. The highest BCUT2D eigenvalue weighted by Crippen LogP contribution is 2.55. The van der Waals surface area contributed by atoms with E-state index in [1.54, 1.807) is 0 Å². The Balaban J connectivity index is 1.31. The molecule has 5 heteroatoms. The Morgan fingerprint density at radius 3 is 1.57 bits per heavy atom. The summed E-state index contributed by atoms with van der Waals surface area (Å²) in [6, 6.07) is 40.5. The van der Waals surface area contributed by atoms with Crippen molar-refractivity contribution in [2.24, 2.45) is 0 Å². The number of hydrogen-bond donors (Lipinski definition) is 0. The lowest BCUT2D eigenvalue weighted by Crippen LogP contribution is -2.61. The molecular formula is C58H62BN3O. The van der Waals surface area contributed by atoms with Crippen LogP contribution in [0.3, 0.4) is 0 Å². The van der Waals surface area contributed by atoms with Gasteiger partial charge in [0.15, 0.2) is 0 Å². The second-order valence-electron chi connectivity index (χ2n) is 24.0. The number of aromatic nitrogens is 1. The van der Waals surface area contributed by atoms with Crippen molar-refractivity contribution in [3.63, 3.8) is 0 Å². The summed E-state index contributed by atoms with van der Waals surface area (Å²) in [7, 11) is 0. The monoisotopic (exact) mass is 827 g/mol. The van der Waals surface area contributed by atoms with Gasteiger partial charge in [-0.2, -0.15) is 0 Å². The van der Waals surface area contributed by atoms with Gasteiger partial charge in [0.1, 0.15) is 5.58 Å². The van der Waals surface area contributed by atoms with Crippen LogP contribution in [0.4, 0.5) is 34.1 Å². The molecule has 0 bridgehead atoms. The van der Waals surface area contributed by atoms with Crippen molar-refractivity contribution >= 4 is 90.2 Å². The molecule has 0 atom stereocenters. The van der Waals surface area contributed by atoms with Crippen LogP contribution in [0.15, 0.2) is 108 Å². The van der Waals surface area contributed by atoms with Crippen LogP contribution in [-0.2, 0) is 27.1 Å². The fraction of sp³-hybridized carbons (Fsp3) is 0.345. The highest BCUT2D eigenvalue weighted by Gasteiger charge is 2.49. The molecule has 0 unspecified atom stereocenters. The number of fused-ring (bicyclic) bond motifs is 11. The SMILES string of the molecule is CC(C)(C)c1ccc(N2c3cc(C(C)(C)C)cc4c3B(c3cccc5c3N4c3cc(C(C)(C)C)cc4c6cc(C(C)(C)C)ccc6n-5c34)c3oc4ccc(C(C)(C)C)cc4c32)cc1. The third kappa shape index (κ3) is 5.73. The van der Waals surface area contributed by atoms with Crippen molar-refractivity contribution in [2.45, 2.75) is 131 Å². The zero-order valence-electron chi connectivity index (χ0n) is 40.1. The van der Waals surface area contributed by atoms with Gasteiger partial charge in [-0.05, 0) is 133 Å². The third-order valence-electron chi connectivity index (χ3n) is 14.4. The number of nitrogens with zero attached hydrogens (tertiary/aromatic N) is 3. The second-order valence-corrected chi connectivity index (χ2v) is 24.0. The van der Waals surface area contributed by atoms with Crippen LogP contribution in [0.2, 0.25) is 0 Å². The van der Waals surface area contributed by atoms with Crippen LogP contribution in [0.1, 0.15) is 132 Å². The van der Waals surface area contributed by atoms with Crippen molar-refractivity contribution in [3.8, 4) is 5.69 Å². The topological polar surface area (TPSA) is 24.6 Å². The predicted molar refractivity (Wildman–Crippen MR) is 272 cm³/mol. The first-order valence-electron chi connectivity index (χ1n) is 23.1. The molecule has 3 aliphatic heterocycles. The van der Waals surface area contributed by atoms with E-state index in [-0.39, 0.29) is 33.8 Å². The maximum atomic E-state index is 7.34. The van der Waals surface area contributed by atoms with E-state index < -0.39 is 0 Å². The van der Waals surface area contributed by atoms with Gasteiger partial charge in [0, 0.05) is 33.2 Å². The molecule has 5 heterocycles. The average molecular weight is 828 g/mol. The van der Waals surface area contributed by atoms with Gasteiger partial charge in [0.05, 0.1) is 39.4 Å². The molecule has 11 rings (SSSR count). The summed E-state index contributed by atoms with van der Waals surface area (Å²) in [5.74, 6) is 0. The van der Waals surface area contributed by atoms with Gasteiger partial charge < -0.3 is 18.8 Å². The van der Waals surface area contributed by atoms with Crippen LogP contribution in [0, 0.1) is 0 Å². The molecule has 8 aromatic rings. The first-order chi connectivity index (χ1) is 29.4. The smallest absolute Gasteiger partial charge is 0.297 e. The maximum absolute atomic E-state index is 7.34. The summed E-state index contributed by atoms with van der Waals surface area (Å²) >= 11 is 0. The van der Waals surface area contributed by atoms with Crippen molar-refractivity contribution in [2.75, 3.05) is 9.80 Å². The van der Waals surface area contributed by atoms with E-state index in [2.05, 4.69) is 221 Å². The van der Waals surface area contributed by atoms with Gasteiger partial charge in [-0.3, -0.25) is 0 Å².